The van der Waals surface area contributed by atoms with Gasteiger partial charge in [0.15, 0.2) is 0 Å². The van der Waals surface area contributed by atoms with E-state index in [0.29, 0.717) is 0 Å². The van der Waals surface area contributed by atoms with Crippen molar-refractivity contribution in [3.05, 3.63) is 0 Å². The van der Waals surface area contributed by atoms with E-state index >= 15 is 0 Å². The summed E-state index contributed by atoms with van der Waals surface area (Å²) in [5.74, 6) is -0.0393. The fourth-order valence-corrected chi connectivity index (χ4v) is 3.37. The van der Waals surface area contributed by atoms with Crippen LogP contribution >= 0.6 is 0 Å². The van der Waals surface area contributed by atoms with E-state index in [1.165, 1.54) is 4.90 Å². The predicted octanol–water partition coefficient (Wildman–Crippen LogP) is 1.78. The molecule has 0 aliphatic carbocycles. The number of piperidine rings is 1. The second-order valence-electron chi connectivity index (χ2n) is 6.37. The number of rotatable bonds is 0. The predicted molar refractivity (Wildman–Crippen MR) is 67.3 cm³/mol. The molecule has 2 atom stereocenters. The normalized spacial score (nSPS) is 29.2. The number of nitrogens with zero attached hydrogens (tertiary/aromatic N) is 2. The number of amides is 2. The highest BCUT2D eigenvalue weighted by atomic mass is 16.4. The van der Waals surface area contributed by atoms with Gasteiger partial charge in [-0.3, -0.25) is 9.69 Å². The molecule has 2 heterocycles. The van der Waals surface area contributed by atoms with Crippen molar-refractivity contribution in [1.82, 2.24) is 9.80 Å². The SMILES string of the molecule is CC(C)(C)C1C2CCCCN2C(=O)CN1C(=O)O. The number of hydrogen-bond acceptors (Lipinski definition) is 2. The van der Waals surface area contributed by atoms with Crippen LogP contribution in [0.25, 0.3) is 0 Å². The van der Waals surface area contributed by atoms with Gasteiger partial charge in [-0.2, -0.15) is 0 Å². The van der Waals surface area contributed by atoms with E-state index in [0.717, 1.165) is 25.8 Å². The lowest BCUT2D eigenvalue weighted by Crippen LogP contribution is -2.67. The van der Waals surface area contributed by atoms with E-state index in [2.05, 4.69) is 20.8 Å². The first-order chi connectivity index (χ1) is 8.32. The summed E-state index contributed by atoms with van der Waals surface area (Å²) in [6.07, 6.45) is 2.05. The fraction of sp³-hybridized carbons (Fsp3) is 0.846. The Morgan fingerprint density at radius 3 is 2.56 bits per heavy atom. The summed E-state index contributed by atoms with van der Waals surface area (Å²) in [5.41, 5.74) is -0.153. The van der Waals surface area contributed by atoms with Crippen molar-refractivity contribution in [2.24, 2.45) is 5.41 Å². The molecule has 2 saturated heterocycles. The Labute approximate surface area is 108 Å². The van der Waals surface area contributed by atoms with Crippen LogP contribution in [-0.4, -0.2) is 52.1 Å². The lowest BCUT2D eigenvalue weighted by Gasteiger charge is -2.52. The minimum Gasteiger partial charge on any atom is -0.465 e. The molecule has 2 amide bonds. The fourth-order valence-electron chi connectivity index (χ4n) is 3.37. The van der Waals surface area contributed by atoms with E-state index < -0.39 is 6.09 Å². The molecule has 5 nitrogen and oxygen atoms in total. The van der Waals surface area contributed by atoms with Gasteiger partial charge in [-0.05, 0) is 24.7 Å². The summed E-state index contributed by atoms with van der Waals surface area (Å²) >= 11 is 0. The zero-order valence-electron chi connectivity index (χ0n) is 11.3. The zero-order valence-corrected chi connectivity index (χ0v) is 11.3. The molecular weight excluding hydrogens is 232 g/mol. The van der Waals surface area contributed by atoms with E-state index in [1.807, 2.05) is 4.90 Å². The molecule has 1 N–H and O–H groups in total. The van der Waals surface area contributed by atoms with E-state index in [-0.39, 0.29) is 30.0 Å². The summed E-state index contributed by atoms with van der Waals surface area (Å²) in [4.78, 5) is 26.7. The van der Waals surface area contributed by atoms with Crippen LogP contribution in [0.4, 0.5) is 4.79 Å². The van der Waals surface area contributed by atoms with E-state index in [9.17, 15) is 14.7 Å². The molecule has 0 radical (unpaired) electrons. The first-order valence-corrected chi connectivity index (χ1v) is 6.61. The Bertz CT molecular complexity index is 362. The summed E-state index contributed by atoms with van der Waals surface area (Å²) in [5, 5.41) is 9.34. The molecule has 0 aromatic carbocycles. The number of piperazine rings is 1. The number of carbonyl (C=O) groups is 2. The summed E-state index contributed by atoms with van der Waals surface area (Å²) < 4.78 is 0. The Morgan fingerprint density at radius 2 is 2.00 bits per heavy atom. The maximum absolute atomic E-state index is 12.0. The minimum absolute atomic E-state index is 0.00771. The third-order valence-corrected chi connectivity index (χ3v) is 4.01. The lowest BCUT2D eigenvalue weighted by molar-refractivity contribution is -0.147. The molecule has 2 aliphatic rings. The highest BCUT2D eigenvalue weighted by Crippen LogP contribution is 2.36. The summed E-state index contributed by atoms with van der Waals surface area (Å²) in [7, 11) is 0. The monoisotopic (exact) mass is 254 g/mol. The molecule has 0 saturated carbocycles. The van der Waals surface area contributed by atoms with Crippen LogP contribution in [0, 0.1) is 5.41 Å². The lowest BCUT2D eigenvalue weighted by atomic mass is 9.76. The van der Waals surface area contributed by atoms with Gasteiger partial charge in [-0.15, -0.1) is 0 Å². The van der Waals surface area contributed by atoms with Crippen molar-refractivity contribution in [2.45, 2.75) is 52.1 Å². The molecule has 18 heavy (non-hydrogen) atoms. The van der Waals surface area contributed by atoms with Gasteiger partial charge >= 0.3 is 6.09 Å². The second kappa shape index (κ2) is 4.44. The molecule has 5 heteroatoms. The van der Waals surface area contributed by atoms with Gasteiger partial charge in [-0.1, -0.05) is 20.8 Å². The van der Waals surface area contributed by atoms with Crippen LogP contribution < -0.4 is 0 Å². The van der Waals surface area contributed by atoms with Crippen molar-refractivity contribution in [3.63, 3.8) is 0 Å². The average Bonchev–Trinajstić information content (AvgIpc) is 2.27. The van der Waals surface area contributed by atoms with Crippen molar-refractivity contribution in [3.8, 4) is 0 Å². The number of carboxylic acid groups (broad SMARTS) is 1. The van der Waals surface area contributed by atoms with Gasteiger partial charge in [-0.25, -0.2) is 4.79 Å². The molecule has 0 aromatic heterocycles. The van der Waals surface area contributed by atoms with Crippen LogP contribution in [0.1, 0.15) is 40.0 Å². The van der Waals surface area contributed by atoms with Crippen LogP contribution in [0.2, 0.25) is 0 Å². The van der Waals surface area contributed by atoms with Crippen LogP contribution in [0.5, 0.6) is 0 Å². The molecule has 0 aromatic rings. The Hall–Kier alpha value is -1.26. The quantitative estimate of drug-likeness (QED) is 0.716. The molecule has 0 bridgehead atoms. The Balaban J connectivity index is 2.34. The van der Waals surface area contributed by atoms with Gasteiger partial charge in [0, 0.05) is 6.54 Å². The third kappa shape index (κ3) is 2.18. The van der Waals surface area contributed by atoms with Crippen LogP contribution in [-0.2, 0) is 4.79 Å². The average molecular weight is 254 g/mol. The highest BCUT2D eigenvalue weighted by Gasteiger charge is 2.48. The summed E-state index contributed by atoms with van der Waals surface area (Å²) in [6.45, 7) is 6.94. The van der Waals surface area contributed by atoms with Gasteiger partial charge in [0.1, 0.15) is 6.54 Å². The smallest absolute Gasteiger partial charge is 0.408 e. The molecule has 2 rings (SSSR count). The van der Waals surface area contributed by atoms with Crippen molar-refractivity contribution in [1.29, 1.82) is 0 Å². The third-order valence-electron chi connectivity index (χ3n) is 4.01. The first-order valence-electron chi connectivity index (χ1n) is 6.61. The maximum Gasteiger partial charge on any atom is 0.408 e. The molecule has 2 fully saturated rings. The zero-order chi connectivity index (χ0) is 13.5. The van der Waals surface area contributed by atoms with Gasteiger partial charge in [0.2, 0.25) is 5.91 Å². The topological polar surface area (TPSA) is 60.9 Å². The van der Waals surface area contributed by atoms with Gasteiger partial charge in [0.05, 0.1) is 12.1 Å². The van der Waals surface area contributed by atoms with Crippen molar-refractivity contribution < 1.29 is 14.7 Å². The molecular formula is C13H22N2O3. The highest BCUT2D eigenvalue weighted by molar-refractivity contribution is 5.84. The molecule has 0 spiro atoms. The molecule has 2 unspecified atom stereocenters. The van der Waals surface area contributed by atoms with Gasteiger partial charge in [0.25, 0.3) is 0 Å². The minimum atomic E-state index is -0.978. The standard InChI is InChI=1S/C13H22N2O3/c1-13(2,3)11-9-6-4-5-7-14(9)10(16)8-15(11)12(17)18/h9,11H,4-8H2,1-3H3,(H,17,18). The Kier molecular flexibility index (Phi) is 3.25. The van der Waals surface area contributed by atoms with Crippen LogP contribution in [0.3, 0.4) is 0 Å². The van der Waals surface area contributed by atoms with Crippen molar-refractivity contribution in [2.75, 3.05) is 13.1 Å². The molecule has 102 valence electrons. The van der Waals surface area contributed by atoms with Crippen molar-refractivity contribution >= 4 is 12.0 Å². The summed E-state index contributed by atoms with van der Waals surface area (Å²) in [6, 6.07) is -0.0518. The second-order valence-corrected chi connectivity index (χ2v) is 6.37. The Morgan fingerprint density at radius 1 is 1.33 bits per heavy atom. The van der Waals surface area contributed by atoms with E-state index in [4.69, 9.17) is 0 Å². The largest absolute Gasteiger partial charge is 0.465 e. The van der Waals surface area contributed by atoms with Gasteiger partial charge < -0.3 is 10.0 Å². The molecule has 2 aliphatic heterocycles. The first kappa shape index (κ1) is 13.2. The van der Waals surface area contributed by atoms with Crippen LogP contribution in [0.15, 0.2) is 0 Å². The number of carbonyl (C=O) groups excluding carboxylic acids is 1. The maximum atomic E-state index is 12.0. The number of fused-ring (bicyclic) bond motifs is 1. The van der Waals surface area contributed by atoms with E-state index in [1.54, 1.807) is 0 Å². The number of hydrogen-bond donors (Lipinski definition) is 1.